The van der Waals surface area contributed by atoms with Gasteiger partial charge in [0.25, 0.3) is 11.6 Å². The minimum absolute atomic E-state index is 0.000389. The maximum atomic E-state index is 12.6. The van der Waals surface area contributed by atoms with Crippen molar-refractivity contribution in [2.75, 3.05) is 40.0 Å². The molecule has 1 fully saturated rings. The van der Waals surface area contributed by atoms with Crippen LogP contribution in [-0.2, 0) is 4.74 Å². The highest BCUT2D eigenvalue weighted by Crippen LogP contribution is 2.25. The number of nitro benzene ring substituents is 1. The third-order valence-electron chi connectivity index (χ3n) is 5.02. The summed E-state index contributed by atoms with van der Waals surface area (Å²) < 4.78 is 10.7. The van der Waals surface area contributed by atoms with E-state index in [1.807, 2.05) is 24.3 Å². The minimum atomic E-state index is -0.600. The highest BCUT2D eigenvalue weighted by molar-refractivity contribution is 6.32. The van der Waals surface area contributed by atoms with E-state index in [0.717, 1.165) is 24.4 Å². The smallest absolute Gasteiger partial charge is 0.288 e. The molecule has 1 aliphatic rings. The van der Waals surface area contributed by atoms with Gasteiger partial charge in [-0.25, -0.2) is 0 Å². The number of nitro groups is 1. The molecule has 1 amide bonds. The Hall–Kier alpha value is -2.68. The van der Waals surface area contributed by atoms with Gasteiger partial charge in [0.1, 0.15) is 29.9 Å². The summed E-state index contributed by atoms with van der Waals surface area (Å²) in [5.41, 5.74) is 0.987. The van der Waals surface area contributed by atoms with Crippen LogP contribution in [0.1, 0.15) is 22.0 Å². The predicted octanol–water partition coefficient (Wildman–Crippen LogP) is 1.64. The van der Waals surface area contributed by atoms with Crippen molar-refractivity contribution in [2.45, 2.75) is 6.04 Å². The summed E-state index contributed by atoms with van der Waals surface area (Å²) in [5, 5.41) is 14.0. The lowest BCUT2D eigenvalue weighted by Crippen LogP contribution is -3.15. The predicted molar refractivity (Wildman–Crippen MR) is 108 cm³/mol. The largest absolute Gasteiger partial charge is 0.497 e. The number of carbonyl (C=O) groups excluding carboxylic acids is 1. The van der Waals surface area contributed by atoms with E-state index in [1.54, 1.807) is 7.11 Å². The third-order valence-corrected chi connectivity index (χ3v) is 5.34. The van der Waals surface area contributed by atoms with Crippen molar-refractivity contribution in [1.82, 2.24) is 5.32 Å². The fourth-order valence-electron chi connectivity index (χ4n) is 3.41. The molecule has 0 spiro atoms. The van der Waals surface area contributed by atoms with E-state index in [9.17, 15) is 14.9 Å². The first-order chi connectivity index (χ1) is 14.0. The van der Waals surface area contributed by atoms with E-state index >= 15 is 0 Å². The minimum Gasteiger partial charge on any atom is -0.497 e. The molecule has 2 aromatic rings. The van der Waals surface area contributed by atoms with Gasteiger partial charge < -0.3 is 19.7 Å². The normalized spacial score (nSPS) is 15.5. The summed E-state index contributed by atoms with van der Waals surface area (Å²) in [5.74, 6) is 0.387. The number of benzene rings is 2. The summed E-state index contributed by atoms with van der Waals surface area (Å²) in [4.78, 5) is 24.4. The Morgan fingerprint density at radius 1 is 1.28 bits per heavy atom. The summed E-state index contributed by atoms with van der Waals surface area (Å²) in [6.45, 7) is 3.38. The van der Waals surface area contributed by atoms with Gasteiger partial charge in [0.15, 0.2) is 0 Å². The molecule has 0 aliphatic carbocycles. The van der Waals surface area contributed by atoms with Gasteiger partial charge in [-0.3, -0.25) is 14.9 Å². The highest BCUT2D eigenvalue weighted by Gasteiger charge is 2.27. The molecular formula is C20H23ClN3O5+. The zero-order valence-corrected chi connectivity index (χ0v) is 16.8. The van der Waals surface area contributed by atoms with Crippen LogP contribution in [0.2, 0.25) is 5.02 Å². The Kier molecular flexibility index (Phi) is 7.03. The molecule has 0 bridgehead atoms. The maximum absolute atomic E-state index is 12.6. The molecule has 0 unspecified atom stereocenters. The maximum Gasteiger partial charge on any atom is 0.288 e. The molecule has 8 nitrogen and oxygen atoms in total. The van der Waals surface area contributed by atoms with Crippen LogP contribution in [0.3, 0.4) is 0 Å². The lowest BCUT2D eigenvalue weighted by atomic mass is 10.0. The molecule has 1 heterocycles. The van der Waals surface area contributed by atoms with E-state index in [0.29, 0.717) is 19.8 Å². The quantitative estimate of drug-likeness (QED) is 0.524. The van der Waals surface area contributed by atoms with E-state index < -0.39 is 4.92 Å². The Labute approximate surface area is 173 Å². The molecule has 154 valence electrons. The van der Waals surface area contributed by atoms with Crippen molar-refractivity contribution < 1.29 is 24.1 Å². The molecule has 2 N–H and O–H groups in total. The number of halogens is 1. The molecule has 3 rings (SSSR count). The fraction of sp³-hybridized carbons (Fsp3) is 0.350. The van der Waals surface area contributed by atoms with Crippen LogP contribution in [0.5, 0.6) is 5.75 Å². The number of nitrogens with zero attached hydrogens (tertiary/aromatic N) is 1. The SMILES string of the molecule is COc1ccc([C@H](CNC(=O)c2ccc(Cl)c([N+](=O)[O-])c2)[NH+]2CCOCC2)cc1. The van der Waals surface area contributed by atoms with Gasteiger partial charge in [-0.15, -0.1) is 0 Å². The van der Waals surface area contributed by atoms with Crippen LogP contribution < -0.4 is 15.0 Å². The number of quaternary nitrogens is 1. The lowest BCUT2D eigenvalue weighted by molar-refractivity contribution is -0.937. The number of morpholine rings is 1. The van der Waals surface area contributed by atoms with Gasteiger partial charge in [-0.2, -0.15) is 0 Å². The van der Waals surface area contributed by atoms with Crippen molar-refractivity contribution in [2.24, 2.45) is 0 Å². The summed E-state index contributed by atoms with van der Waals surface area (Å²) >= 11 is 5.83. The topological polar surface area (TPSA) is 95.1 Å². The van der Waals surface area contributed by atoms with Crippen LogP contribution in [0.15, 0.2) is 42.5 Å². The summed E-state index contributed by atoms with van der Waals surface area (Å²) in [6.07, 6.45) is 0. The number of amides is 1. The second-order valence-corrected chi connectivity index (χ2v) is 7.14. The van der Waals surface area contributed by atoms with Crippen molar-refractivity contribution in [3.63, 3.8) is 0 Å². The van der Waals surface area contributed by atoms with Crippen LogP contribution in [0.25, 0.3) is 0 Å². The lowest BCUT2D eigenvalue weighted by Gasteiger charge is -2.32. The summed E-state index contributed by atoms with van der Waals surface area (Å²) in [7, 11) is 1.62. The Balaban J connectivity index is 1.76. The van der Waals surface area contributed by atoms with Crippen LogP contribution in [0, 0.1) is 10.1 Å². The van der Waals surface area contributed by atoms with Crippen molar-refractivity contribution in [3.05, 3.63) is 68.7 Å². The monoisotopic (exact) mass is 420 g/mol. The average Bonchev–Trinajstić information content (AvgIpc) is 2.75. The van der Waals surface area contributed by atoms with Crippen molar-refractivity contribution >= 4 is 23.2 Å². The molecule has 0 radical (unpaired) electrons. The zero-order valence-electron chi connectivity index (χ0n) is 16.0. The highest BCUT2D eigenvalue weighted by atomic mass is 35.5. The average molecular weight is 421 g/mol. The molecule has 1 aliphatic heterocycles. The standard InChI is InChI=1S/C20H22ClN3O5/c1-28-16-5-2-14(3-6-16)19(23-8-10-29-11-9-23)13-22-20(25)15-4-7-17(21)18(12-15)24(26)27/h2-7,12,19H,8-11,13H2,1H3,(H,22,25)/p+1/t19-/m0/s1. The van der Waals surface area contributed by atoms with Crippen LogP contribution in [-0.4, -0.2) is 50.8 Å². The number of carbonyl (C=O) groups is 1. The van der Waals surface area contributed by atoms with Gasteiger partial charge in [0, 0.05) is 17.2 Å². The van der Waals surface area contributed by atoms with E-state index in [2.05, 4.69) is 5.32 Å². The number of hydrogen-bond donors (Lipinski definition) is 2. The molecule has 0 aromatic heterocycles. The molecule has 9 heteroatoms. The molecule has 1 atom stereocenters. The number of rotatable bonds is 7. The second kappa shape index (κ2) is 9.69. The van der Waals surface area contributed by atoms with Crippen molar-refractivity contribution in [1.29, 1.82) is 0 Å². The fourth-order valence-corrected chi connectivity index (χ4v) is 3.59. The molecule has 1 saturated heterocycles. The zero-order chi connectivity index (χ0) is 20.8. The number of nitrogens with one attached hydrogen (secondary N) is 2. The summed E-state index contributed by atoms with van der Waals surface area (Å²) in [6, 6.07) is 11.8. The van der Waals surface area contributed by atoms with Gasteiger partial charge in [0.2, 0.25) is 0 Å². The van der Waals surface area contributed by atoms with Crippen molar-refractivity contribution in [3.8, 4) is 5.75 Å². The molecular weight excluding hydrogens is 398 g/mol. The first kappa shape index (κ1) is 21.0. The second-order valence-electron chi connectivity index (χ2n) is 6.73. The van der Waals surface area contributed by atoms with Crippen LogP contribution in [0.4, 0.5) is 5.69 Å². The number of ether oxygens (including phenoxy) is 2. The number of methoxy groups -OCH3 is 1. The van der Waals surface area contributed by atoms with Gasteiger partial charge in [0.05, 0.1) is 31.8 Å². The van der Waals surface area contributed by atoms with E-state index in [-0.39, 0.29) is 28.2 Å². The molecule has 29 heavy (non-hydrogen) atoms. The van der Waals surface area contributed by atoms with Gasteiger partial charge in [-0.1, -0.05) is 11.6 Å². The molecule has 2 aromatic carbocycles. The Bertz CT molecular complexity index is 869. The van der Waals surface area contributed by atoms with E-state index in [1.165, 1.54) is 23.1 Å². The first-order valence-corrected chi connectivity index (χ1v) is 9.66. The number of hydrogen-bond acceptors (Lipinski definition) is 5. The Morgan fingerprint density at radius 2 is 1.97 bits per heavy atom. The first-order valence-electron chi connectivity index (χ1n) is 9.28. The molecule has 0 saturated carbocycles. The van der Waals surface area contributed by atoms with Crippen LogP contribution >= 0.6 is 11.6 Å². The van der Waals surface area contributed by atoms with Gasteiger partial charge >= 0.3 is 0 Å². The van der Waals surface area contributed by atoms with E-state index in [4.69, 9.17) is 21.1 Å². The Morgan fingerprint density at radius 3 is 2.59 bits per heavy atom. The van der Waals surface area contributed by atoms with Gasteiger partial charge in [-0.05, 0) is 36.4 Å². The third kappa shape index (κ3) is 5.23.